The van der Waals surface area contributed by atoms with Crippen LogP contribution in [0.4, 0.5) is 11.6 Å². The number of hydrogen-bond donors (Lipinski definition) is 2. The first-order valence-electron chi connectivity index (χ1n) is 7.78. The second kappa shape index (κ2) is 6.07. The minimum Gasteiger partial charge on any atom is -0.365 e. The van der Waals surface area contributed by atoms with Gasteiger partial charge in [-0.05, 0) is 27.7 Å². The van der Waals surface area contributed by atoms with Crippen molar-refractivity contribution in [1.29, 1.82) is 5.41 Å². The van der Waals surface area contributed by atoms with Crippen molar-refractivity contribution in [2.45, 2.75) is 33.2 Å². The second-order valence-corrected chi connectivity index (χ2v) is 7.18. The van der Waals surface area contributed by atoms with Crippen LogP contribution >= 0.6 is 0 Å². The molecule has 0 bridgehead atoms. The van der Waals surface area contributed by atoms with E-state index in [-0.39, 0.29) is 5.54 Å². The van der Waals surface area contributed by atoms with Gasteiger partial charge >= 0.3 is 0 Å². The van der Waals surface area contributed by atoms with E-state index < -0.39 is 0 Å². The zero-order valence-electron chi connectivity index (χ0n) is 15.2. The fraction of sp³-hybridized carbons (Fsp3) is 0.444. The van der Waals surface area contributed by atoms with Gasteiger partial charge in [-0.1, -0.05) is 29.8 Å². The van der Waals surface area contributed by atoms with Gasteiger partial charge in [-0.15, -0.1) is 0 Å². The first kappa shape index (κ1) is 17.1. The summed E-state index contributed by atoms with van der Waals surface area (Å²) in [6, 6.07) is 8.05. The van der Waals surface area contributed by atoms with E-state index in [1.807, 2.05) is 55.0 Å². The maximum absolute atomic E-state index is 8.72. The summed E-state index contributed by atoms with van der Waals surface area (Å²) in [6.45, 7) is 8.37. The molecular weight excluding hydrogens is 286 g/mol. The summed E-state index contributed by atoms with van der Waals surface area (Å²) in [4.78, 5) is 1.95. The number of rotatable bonds is 4. The second-order valence-electron chi connectivity index (χ2n) is 7.18. The normalized spacial score (nSPS) is 11.4. The lowest BCUT2D eigenvalue weighted by atomic mass is 10.0. The maximum Gasteiger partial charge on any atom is 0.161 e. The molecule has 0 saturated heterocycles. The molecule has 0 saturated carbocycles. The van der Waals surface area contributed by atoms with Crippen molar-refractivity contribution in [2.24, 2.45) is 7.05 Å². The Kier molecular flexibility index (Phi) is 4.50. The first-order chi connectivity index (χ1) is 10.6. The first-order valence-corrected chi connectivity index (χ1v) is 7.78. The van der Waals surface area contributed by atoms with E-state index in [0.717, 1.165) is 22.8 Å². The Hall–Kier alpha value is -2.30. The van der Waals surface area contributed by atoms with Gasteiger partial charge in [-0.25, -0.2) is 0 Å². The average Bonchev–Trinajstić information content (AvgIpc) is 2.74. The predicted molar refractivity (Wildman–Crippen MR) is 98.0 cm³/mol. The van der Waals surface area contributed by atoms with E-state index in [1.165, 1.54) is 5.56 Å². The molecule has 0 aliphatic heterocycles. The Morgan fingerprint density at radius 3 is 2.22 bits per heavy atom. The molecule has 5 heteroatoms. The molecule has 0 amide bonds. The SMILES string of the molecule is Cc1ccc(C(=N)c2c(N(C)C)nn(C)c2NC(C)(C)C)cc1. The van der Waals surface area contributed by atoms with Crippen LogP contribution in [0.5, 0.6) is 0 Å². The highest BCUT2D eigenvalue weighted by Crippen LogP contribution is 2.30. The van der Waals surface area contributed by atoms with Crippen molar-refractivity contribution in [2.75, 3.05) is 24.3 Å². The maximum atomic E-state index is 8.72. The molecule has 5 nitrogen and oxygen atoms in total. The number of benzene rings is 1. The molecule has 0 unspecified atom stereocenters. The zero-order chi connectivity index (χ0) is 17.4. The molecule has 124 valence electrons. The van der Waals surface area contributed by atoms with Gasteiger partial charge in [0.25, 0.3) is 0 Å². The average molecular weight is 313 g/mol. The Bertz CT molecular complexity index is 702. The minimum atomic E-state index is -0.111. The molecule has 2 N–H and O–H groups in total. The number of aryl methyl sites for hydroxylation is 2. The van der Waals surface area contributed by atoms with Crippen molar-refractivity contribution in [3.63, 3.8) is 0 Å². The summed E-state index contributed by atoms with van der Waals surface area (Å²) in [5.41, 5.74) is 3.28. The van der Waals surface area contributed by atoms with Crippen LogP contribution in [0, 0.1) is 12.3 Å². The van der Waals surface area contributed by atoms with Crippen molar-refractivity contribution < 1.29 is 0 Å². The highest BCUT2D eigenvalue weighted by atomic mass is 15.4. The Labute approximate surface area is 138 Å². The summed E-state index contributed by atoms with van der Waals surface area (Å²) >= 11 is 0. The van der Waals surface area contributed by atoms with E-state index in [0.29, 0.717) is 5.71 Å². The summed E-state index contributed by atoms with van der Waals surface area (Å²) in [6.07, 6.45) is 0. The molecule has 1 heterocycles. The molecular formula is C18H27N5. The number of nitrogens with zero attached hydrogens (tertiary/aromatic N) is 3. The monoisotopic (exact) mass is 313 g/mol. The molecule has 2 aromatic rings. The van der Waals surface area contributed by atoms with E-state index in [4.69, 9.17) is 5.41 Å². The van der Waals surface area contributed by atoms with Crippen LogP contribution in [0.2, 0.25) is 0 Å². The fourth-order valence-corrected chi connectivity index (χ4v) is 2.42. The van der Waals surface area contributed by atoms with Gasteiger partial charge in [0.15, 0.2) is 5.82 Å². The van der Waals surface area contributed by atoms with Crippen molar-refractivity contribution in [3.8, 4) is 0 Å². The molecule has 0 spiro atoms. The molecule has 0 aliphatic rings. The van der Waals surface area contributed by atoms with Crippen LogP contribution in [-0.4, -0.2) is 35.1 Å². The molecule has 0 fully saturated rings. The number of hydrogen-bond acceptors (Lipinski definition) is 4. The van der Waals surface area contributed by atoms with Crippen molar-refractivity contribution >= 4 is 17.3 Å². The molecule has 1 aromatic carbocycles. The van der Waals surface area contributed by atoms with Crippen LogP contribution < -0.4 is 10.2 Å². The van der Waals surface area contributed by atoms with E-state index in [9.17, 15) is 0 Å². The topological polar surface area (TPSA) is 56.9 Å². The van der Waals surface area contributed by atoms with Gasteiger partial charge in [0.1, 0.15) is 5.82 Å². The van der Waals surface area contributed by atoms with Crippen molar-refractivity contribution in [1.82, 2.24) is 9.78 Å². The van der Waals surface area contributed by atoms with Crippen LogP contribution in [0.15, 0.2) is 24.3 Å². The number of anilines is 2. The smallest absolute Gasteiger partial charge is 0.161 e. The standard InChI is InChI=1S/C18H27N5/c1-12-8-10-13(11-9-12)15(19)14-16(20-18(2,3)4)23(7)21-17(14)22(5)6/h8-11,19-20H,1-7H3. The van der Waals surface area contributed by atoms with Crippen LogP contribution in [-0.2, 0) is 7.05 Å². The largest absolute Gasteiger partial charge is 0.365 e. The predicted octanol–water partition coefficient (Wildman–Crippen LogP) is 3.42. The third-order valence-electron chi connectivity index (χ3n) is 3.54. The van der Waals surface area contributed by atoms with Gasteiger partial charge < -0.3 is 10.2 Å². The van der Waals surface area contributed by atoms with Gasteiger partial charge in [-0.3, -0.25) is 10.1 Å². The highest BCUT2D eigenvalue weighted by molar-refractivity contribution is 6.16. The van der Waals surface area contributed by atoms with E-state index in [1.54, 1.807) is 0 Å². The Balaban J connectivity index is 2.58. The fourth-order valence-electron chi connectivity index (χ4n) is 2.42. The van der Waals surface area contributed by atoms with Crippen LogP contribution in [0.3, 0.4) is 0 Å². The van der Waals surface area contributed by atoms with Gasteiger partial charge in [0.2, 0.25) is 0 Å². The Morgan fingerprint density at radius 1 is 1.17 bits per heavy atom. The lowest BCUT2D eigenvalue weighted by Gasteiger charge is -2.23. The lowest BCUT2D eigenvalue weighted by Crippen LogP contribution is -2.28. The highest BCUT2D eigenvalue weighted by Gasteiger charge is 2.25. The summed E-state index contributed by atoms with van der Waals surface area (Å²) < 4.78 is 1.82. The van der Waals surface area contributed by atoms with E-state index in [2.05, 4.69) is 38.1 Å². The quantitative estimate of drug-likeness (QED) is 0.850. The third-order valence-corrected chi connectivity index (χ3v) is 3.54. The molecule has 0 atom stereocenters. The Morgan fingerprint density at radius 2 is 1.74 bits per heavy atom. The summed E-state index contributed by atoms with van der Waals surface area (Å²) in [5.74, 6) is 1.66. The van der Waals surface area contributed by atoms with Gasteiger partial charge in [-0.2, -0.15) is 5.10 Å². The van der Waals surface area contributed by atoms with E-state index >= 15 is 0 Å². The molecule has 23 heavy (non-hydrogen) atoms. The zero-order valence-corrected chi connectivity index (χ0v) is 15.2. The number of nitrogens with one attached hydrogen (secondary N) is 2. The molecule has 0 aliphatic carbocycles. The molecule has 2 rings (SSSR count). The summed E-state index contributed by atoms with van der Waals surface area (Å²) in [7, 11) is 5.82. The summed E-state index contributed by atoms with van der Waals surface area (Å²) in [5, 5.41) is 16.8. The molecule has 1 aromatic heterocycles. The minimum absolute atomic E-state index is 0.111. The van der Waals surface area contributed by atoms with Gasteiger partial charge in [0.05, 0.1) is 11.3 Å². The van der Waals surface area contributed by atoms with Crippen LogP contribution in [0.1, 0.15) is 37.5 Å². The number of aromatic nitrogens is 2. The van der Waals surface area contributed by atoms with Crippen molar-refractivity contribution in [3.05, 3.63) is 41.0 Å². The lowest BCUT2D eigenvalue weighted by molar-refractivity contribution is 0.616. The van der Waals surface area contributed by atoms with Crippen LogP contribution in [0.25, 0.3) is 0 Å². The van der Waals surface area contributed by atoms with Gasteiger partial charge in [0, 0.05) is 32.2 Å². The third kappa shape index (κ3) is 3.73. The molecule has 0 radical (unpaired) electrons.